The van der Waals surface area contributed by atoms with Gasteiger partial charge in [0.05, 0.1) is 15.4 Å². The highest BCUT2D eigenvalue weighted by atomic mass is 32.2. The van der Waals surface area contributed by atoms with Crippen molar-refractivity contribution in [1.82, 2.24) is 4.89 Å². The van der Waals surface area contributed by atoms with Crippen molar-refractivity contribution in [3.05, 3.63) is 34.1 Å². The van der Waals surface area contributed by atoms with Gasteiger partial charge in [0.15, 0.2) is 0 Å². The SMILES string of the molecule is CC(C)(C)ONS(=O)(=O)c1ccc(F)c([N+](=O)[O-])c1. The van der Waals surface area contributed by atoms with Gasteiger partial charge >= 0.3 is 5.69 Å². The van der Waals surface area contributed by atoms with Crippen molar-refractivity contribution in [2.75, 3.05) is 0 Å². The van der Waals surface area contributed by atoms with E-state index in [9.17, 15) is 22.9 Å². The monoisotopic (exact) mass is 292 g/mol. The number of nitro groups is 1. The molecule has 1 aromatic rings. The predicted octanol–water partition coefficient (Wildman–Crippen LogP) is 1.74. The van der Waals surface area contributed by atoms with Crippen LogP contribution in [0.25, 0.3) is 0 Å². The molecule has 0 unspecified atom stereocenters. The summed E-state index contributed by atoms with van der Waals surface area (Å²) in [4.78, 5) is 15.8. The fraction of sp³-hybridized carbons (Fsp3) is 0.400. The number of nitro benzene ring substituents is 1. The Bertz CT molecular complexity index is 594. The Morgan fingerprint density at radius 2 is 1.95 bits per heavy atom. The van der Waals surface area contributed by atoms with E-state index in [2.05, 4.69) is 0 Å². The molecule has 7 nitrogen and oxygen atoms in total. The number of hydrogen-bond acceptors (Lipinski definition) is 5. The highest BCUT2D eigenvalue weighted by Gasteiger charge is 2.23. The van der Waals surface area contributed by atoms with Gasteiger partial charge < -0.3 is 0 Å². The molecule has 0 atom stereocenters. The van der Waals surface area contributed by atoms with Gasteiger partial charge in [0.1, 0.15) is 0 Å². The average molecular weight is 292 g/mol. The van der Waals surface area contributed by atoms with Crippen molar-refractivity contribution < 1.29 is 22.6 Å². The highest BCUT2D eigenvalue weighted by Crippen LogP contribution is 2.21. The molecule has 0 saturated carbocycles. The van der Waals surface area contributed by atoms with Gasteiger partial charge in [0, 0.05) is 6.07 Å². The summed E-state index contributed by atoms with van der Waals surface area (Å²) in [5, 5.41) is 10.5. The lowest BCUT2D eigenvalue weighted by Gasteiger charge is -2.19. The molecule has 0 spiro atoms. The van der Waals surface area contributed by atoms with Gasteiger partial charge in [0.2, 0.25) is 5.82 Å². The molecule has 1 N–H and O–H groups in total. The number of nitrogens with one attached hydrogen (secondary N) is 1. The third kappa shape index (κ3) is 4.23. The molecular weight excluding hydrogens is 279 g/mol. The molecule has 0 aliphatic rings. The molecule has 0 amide bonds. The van der Waals surface area contributed by atoms with Crippen molar-refractivity contribution in [1.29, 1.82) is 0 Å². The van der Waals surface area contributed by atoms with Gasteiger partial charge in [-0.05, 0) is 32.9 Å². The summed E-state index contributed by atoms with van der Waals surface area (Å²) in [6.45, 7) is 4.84. The van der Waals surface area contributed by atoms with Gasteiger partial charge in [-0.1, -0.05) is 4.89 Å². The Morgan fingerprint density at radius 1 is 1.37 bits per heavy atom. The molecule has 1 rings (SSSR count). The van der Waals surface area contributed by atoms with Gasteiger partial charge in [0.25, 0.3) is 10.0 Å². The molecule has 0 radical (unpaired) electrons. The fourth-order valence-electron chi connectivity index (χ4n) is 1.03. The molecule has 0 aliphatic carbocycles. The fourth-order valence-corrected chi connectivity index (χ4v) is 2.00. The zero-order valence-electron chi connectivity index (χ0n) is 10.5. The predicted molar refractivity (Wildman–Crippen MR) is 64.2 cm³/mol. The second kappa shape index (κ2) is 5.19. The van der Waals surface area contributed by atoms with Crippen LogP contribution >= 0.6 is 0 Å². The lowest BCUT2D eigenvalue weighted by Crippen LogP contribution is -2.33. The summed E-state index contributed by atoms with van der Waals surface area (Å²) in [7, 11) is -4.11. The van der Waals surface area contributed by atoms with E-state index in [1.165, 1.54) is 0 Å². The number of halogens is 1. The first-order chi connectivity index (χ1) is 8.53. The topological polar surface area (TPSA) is 98.5 Å². The van der Waals surface area contributed by atoms with E-state index in [1.807, 2.05) is 4.89 Å². The van der Waals surface area contributed by atoms with E-state index in [-0.39, 0.29) is 0 Å². The van der Waals surface area contributed by atoms with Crippen LogP contribution < -0.4 is 4.89 Å². The Labute approximate surface area is 109 Å². The van der Waals surface area contributed by atoms with Crippen LogP contribution in [-0.2, 0) is 14.9 Å². The van der Waals surface area contributed by atoms with Crippen molar-refractivity contribution in [2.45, 2.75) is 31.3 Å². The molecule has 0 fully saturated rings. The second-order valence-electron chi connectivity index (χ2n) is 4.67. The largest absolute Gasteiger partial charge is 0.306 e. The van der Waals surface area contributed by atoms with Crippen LogP contribution in [0.15, 0.2) is 23.1 Å². The standard InChI is InChI=1S/C10H13FN2O5S/c1-10(2,3)18-12-19(16,17)7-4-5-8(11)9(6-7)13(14)15/h4-6,12H,1-3H3. The van der Waals surface area contributed by atoms with Crippen LogP contribution in [0, 0.1) is 15.9 Å². The van der Waals surface area contributed by atoms with Crippen LogP contribution in [0.5, 0.6) is 0 Å². The maximum Gasteiger partial charge on any atom is 0.306 e. The Morgan fingerprint density at radius 3 is 2.42 bits per heavy atom. The maximum absolute atomic E-state index is 13.1. The van der Waals surface area contributed by atoms with Crippen LogP contribution in [0.1, 0.15) is 20.8 Å². The smallest absolute Gasteiger partial charge is 0.281 e. The average Bonchev–Trinajstić information content (AvgIpc) is 2.25. The van der Waals surface area contributed by atoms with Crippen LogP contribution in [0.4, 0.5) is 10.1 Å². The van der Waals surface area contributed by atoms with E-state index >= 15 is 0 Å². The van der Waals surface area contributed by atoms with E-state index in [0.717, 1.165) is 6.07 Å². The van der Waals surface area contributed by atoms with Crippen molar-refractivity contribution in [3.63, 3.8) is 0 Å². The van der Waals surface area contributed by atoms with Crippen molar-refractivity contribution in [3.8, 4) is 0 Å². The molecule has 0 aromatic heterocycles. The van der Waals surface area contributed by atoms with Gasteiger partial charge in [-0.2, -0.15) is 4.39 Å². The lowest BCUT2D eigenvalue weighted by atomic mass is 10.2. The zero-order valence-corrected chi connectivity index (χ0v) is 11.3. The summed E-state index contributed by atoms with van der Waals surface area (Å²) in [5.41, 5.74) is -1.70. The van der Waals surface area contributed by atoms with E-state index in [4.69, 9.17) is 4.84 Å². The second-order valence-corrected chi connectivity index (χ2v) is 6.32. The number of nitrogens with zero attached hydrogens (tertiary/aromatic N) is 1. The normalized spacial score (nSPS) is 12.4. The number of benzene rings is 1. The summed E-state index contributed by atoms with van der Waals surface area (Å²) < 4.78 is 36.7. The first-order valence-electron chi connectivity index (χ1n) is 5.17. The Balaban J connectivity index is 3.09. The summed E-state index contributed by atoms with van der Waals surface area (Å²) in [6, 6.07) is 2.25. The molecular formula is C10H13FN2O5S. The minimum atomic E-state index is -4.11. The van der Waals surface area contributed by atoms with Gasteiger partial charge in [-0.3, -0.25) is 15.0 Å². The number of hydrogen-bond donors (Lipinski definition) is 1. The summed E-state index contributed by atoms with van der Waals surface area (Å²) >= 11 is 0. The third-order valence-electron chi connectivity index (χ3n) is 1.88. The molecule has 9 heteroatoms. The quantitative estimate of drug-likeness (QED) is 0.673. The number of rotatable bonds is 4. The van der Waals surface area contributed by atoms with E-state index < -0.39 is 36.9 Å². The molecule has 0 saturated heterocycles. The third-order valence-corrected chi connectivity index (χ3v) is 3.06. The summed E-state index contributed by atoms with van der Waals surface area (Å²) in [6.07, 6.45) is 0. The first kappa shape index (κ1) is 15.5. The maximum atomic E-state index is 13.1. The molecule has 0 bridgehead atoms. The number of sulfonamides is 1. The zero-order chi connectivity index (χ0) is 14.8. The highest BCUT2D eigenvalue weighted by molar-refractivity contribution is 7.89. The lowest BCUT2D eigenvalue weighted by molar-refractivity contribution is -0.387. The molecule has 1 aromatic carbocycles. The first-order valence-corrected chi connectivity index (χ1v) is 6.65. The molecule has 0 aliphatic heterocycles. The van der Waals surface area contributed by atoms with E-state index in [0.29, 0.717) is 12.1 Å². The van der Waals surface area contributed by atoms with Gasteiger partial charge in [-0.15, -0.1) is 0 Å². The van der Waals surface area contributed by atoms with Crippen LogP contribution in [0.3, 0.4) is 0 Å². The van der Waals surface area contributed by atoms with Crippen LogP contribution in [0.2, 0.25) is 0 Å². The minimum Gasteiger partial charge on any atom is -0.281 e. The molecule has 0 heterocycles. The minimum absolute atomic E-state index is 0.454. The van der Waals surface area contributed by atoms with E-state index in [1.54, 1.807) is 20.8 Å². The van der Waals surface area contributed by atoms with Crippen LogP contribution in [-0.4, -0.2) is 18.9 Å². The summed E-state index contributed by atoms with van der Waals surface area (Å²) in [5.74, 6) is -1.11. The molecule has 19 heavy (non-hydrogen) atoms. The van der Waals surface area contributed by atoms with Crippen molar-refractivity contribution >= 4 is 15.7 Å². The Kier molecular flexibility index (Phi) is 4.23. The Hall–Kier alpha value is -1.58. The van der Waals surface area contributed by atoms with Gasteiger partial charge in [-0.25, -0.2) is 8.42 Å². The van der Waals surface area contributed by atoms with Crippen molar-refractivity contribution in [2.24, 2.45) is 0 Å². The molecule has 106 valence electrons.